The first kappa shape index (κ1) is 17.4. The van der Waals surface area contributed by atoms with Gasteiger partial charge in [-0.1, -0.05) is 46.6 Å². The van der Waals surface area contributed by atoms with Crippen molar-refractivity contribution in [3.8, 4) is 0 Å². The van der Waals surface area contributed by atoms with Gasteiger partial charge in [-0.15, -0.1) is 0 Å². The Hall–Kier alpha value is -1.40. The maximum Gasteiger partial charge on any atom is 0.323 e. The van der Waals surface area contributed by atoms with E-state index in [-0.39, 0.29) is 6.54 Å². The Morgan fingerprint density at radius 3 is 2.75 bits per heavy atom. The molecule has 0 fully saturated rings. The van der Waals surface area contributed by atoms with Gasteiger partial charge in [0.15, 0.2) is 0 Å². The van der Waals surface area contributed by atoms with Gasteiger partial charge in [-0.25, -0.2) is 4.98 Å². The van der Waals surface area contributed by atoms with Crippen LogP contribution in [-0.4, -0.2) is 20.6 Å². The molecule has 24 heavy (non-hydrogen) atoms. The van der Waals surface area contributed by atoms with Gasteiger partial charge in [0.25, 0.3) is 0 Å². The molecule has 124 valence electrons. The Morgan fingerprint density at radius 2 is 2.04 bits per heavy atom. The van der Waals surface area contributed by atoms with Gasteiger partial charge in [0.05, 0.1) is 15.9 Å². The Labute approximate surface area is 157 Å². The lowest BCUT2D eigenvalue weighted by Gasteiger charge is -2.07. The number of benzene rings is 1. The lowest BCUT2D eigenvalue weighted by Crippen LogP contribution is -2.09. The topological polar surface area (TPSA) is 55.1 Å². The summed E-state index contributed by atoms with van der Waals surface area (Å²) >= 11 is 20.0. The molecular weight excluding hydrogens is 391 g/mol. The van der Waals surface area contributed by atoms with E-state index in [9.17, 15) is 9.90 Å². The third-order valence-electron chi connectivity index (χ3n) is 3.53. The van der Waals surface area contributed by atoms with Crippen LogP contribution in [0.4, 0.5) is 0 Å². The second-order valence-electron chi connectivity index (χ2n) is 5.07. The number of nitrogens with zero attached hydrogens (tertiary/aromatic N) is 2. The maximum atomic E-state index is 11.2. The van der Waals surface area contributed by atoms with Crippen LogP contribution < -0.4 is 0 Å². The molecule has 2 aromatic heterocycles. The molecule has 0 aliphatic rings. The summed E-state index contributed by atoms with van der Waals surface area (Å²) < 4.78 is 1.70. The van der Waals surface area contributed by atoms with E-state index < -0.39 is 5.97 Å². The maximum absolute atomic E-state index is 11.2. The van der Waals surface area contributed by atoms with Crippen LogP contribution in [0.3, 0.4) is 0 Å². The van der Waals surface area contributed by atoms with E-state index in [1.54, 1.807) is 35.0 Å². The van der Waals surface area contributed by atoms with Crippen molar-refractivity contribution >= 4 is 63.4 Å². The fourth-order valence-corrected chi connectivity index (χ4v) is 4.38. The van der Waals surface area contributed by atoms with Crippen molar-refractivity contribution in [2.75, 3.05) is 0 Å². The van der Waals surface area contributed by atoms with E-state index in [4.69, 9.17) is 34.8 Å². The van der Waals surface area contributed by atoms with E-state index in [0.29, 0.717) is 20.6 Å². The Balaban J connectivity index is 2.22. The molecule has 2 heterocycles. The van der Waals surface area contributed by atoms with Gasteiger partial charge in [0.1, 0.15) is 11.7 Å². The number of hydrogen-bond donors (Lipinski definition) is 1. The highest BCUT2D eigenvalue weighted by atomic mass is 35.5. The molecule has 0 saturated heterocycles. The largest absolute Gasteiger partial charge is 0.480 e. The number of carbonyl (C=O) groups is 1. The molecule has 0 saturated carbocycles. The molecule has 3 rings (SSSR count). The van der Waals surface area contributed by atoms with Gasteiger partial charge in [-0.2, -0.15) is 0 Å². The second kappa shape index (κ2) is 6.84. The molecule has 3 aromatic rings. The second-order valence-corrected chi connectivity index (χ2v) is 7.32. The summed E-state index contributed by atoms with van der Waals surface area (Å²) in [5.41, 5.74) is 1.50. The zero-order valence-electron chi connectivity index (χ0n) is 12.4. The van der Waals surface area contributed by atoms with Crippen LogP contribution in [0.5, 0.6) is 0 Å². The SMILES string of the molecule is Cc1c(Sc2cc(Cl)ccc2Cl)c2c(Cl)nccc2n1CC(=O)O. The molecule has 0 bridgehead atoms. The number of aliphatic carboxylic acids is 1. The third kappa shape index (κ3) is 3.22. The van der Waals surface area contributed by atoms with Crippen LogP contribution in [0.1, 0.15) is 5.69 Å². The summed E-state index contributed by atoms with van der Waals surface area (Å²) in [6.07, 6.45) is 1.56. The number of hydrogen-bond acceptors (Lipinski definition) is 3. The summed E-state index contributed by atoms with van der Waals surface area (Å²) in [4.78, 5) is 16.9. The van der Waals surface area contributed by atoms with Gasteiger partial charge in [-0.3, -0.25) is 4.79 Å². The van der Waals surface area contributed by atoms with Crippen LogP contribution in [0.25, 0.3) is 10.9 Å². The van der Waals surface area contributed by atoms with Gasteiger partial charge < -0.3 is 9.67 Å². The first-order valence-corrected chi connectivity index (χ1v) is 8.81. The molecule has 1 N–H and O–H groups in total. The number of aromatic nitrogens is 2. The number of carboxylic acid groups (broad SMARTS) is 1. The minimum atomic E-state index is -0.930. The highest BCUT2D eigenvalue weighted by Gasteiger charge is 2.20. The summed E-state index contributed by atoms with van der Waals surface area (Å²) in [7, 11) is 0. The predicted molar refractivity (Wildman–Crippen MR) is 97.7 cm³/mol. The number of pyridine rings is 1. The van der Waals surface area contributed by atoms with Gasteiger partial charge >= 0.3 is 5.97 Å². The molecule has 0 spiro atoms. The summed E-state index contributed by atoms with van der Waals surface area (Å²) in [5, 5.41) is 11.3. The molecule has 0 atom stereocenters. The standard InChI is InChI=1S/C16H11Cl3N2O2S/c1-8-15(24-12-6-9(17)2-3-10(12)18)14-11(4-5-20-16(14)19)21(8)7-13(22)23/h2-6H,7H2,1H3,(H,22,23). The van der Waals surface area contributed by atoms with E-state index in [1.165, 1.54) is 11.8 Å². The zero-order chi connectivity index (χ0) is 17.4. The monoisotopic (exact) mass is 400 g/mol. The molecular formula is C16H11Cl3N2O2S. The van der Waals surface area contributed by atoms with Gasteiger partial charge in [0, 0.05) is 26.7 Å². The number of carboxylic acids is 1. The van der Waals surface area contributed by atoms with E-state index >= 15 is 0 Å². The average molecular weight is 402 g/mol. The smallest absolute Gasteiger partial charge is 0.323 e. The zero-order valence-corrected chi connectivity index (χ0v) is 15.5. The summed E-state index contributed by atoms with van der Waals surface area (Å²) in [5.74, 6) is -0.930. The Bertz CT molecular complexity index is 956. The average Bonchev–Trinajstić information content (AvgIpc) is 2.77. The Morgan fingerprint density at radius 1 is 1.29 bits per heavy atom. The van der Waals surface area contributed by atoms with Crippen molar-refractivity contribution < 1.29 is 9.90 Å². The summed E-state index contributed by atoms with van der Waals surface area (Å²) in [6.45, 7) is 1.69. The fraction of sp³-hybridized carbons (Fsp3) is 0.125. The molecule has 0 radical (unpaired) electrons. The molecule has 4 nitrogen and oxygen atoms in total. The Kier molecular flexibility index (Phi) is 4.97. The quantitative estimate of drug-likeness (QED) is 0.583. The van der Waals surface area contributed by atoms with Crippen LogP contribution in [0, 0.1) is 6.92 Å². The van der Waals surface area contributed by atoms with Crippen molar-refractivity contribution in [3.05, 3.63) is 51.4 Å². The number of fused-ring (bicyclic) bond motifs is 1. The molecule has 8 heteroatoms. The highest BCUT2D eigenvalue weighted by Crippen LogP contribution is 2.43. The van der Waals surface area contributed by atoms with Crippen LogP contribution in [-0.2, 0) is 11.3 Å². The highest BCUT2D eigenvalue weighted by molar-refractivity contribution is 7.99. The van der Waals surface area contributed by atoms with Crippen molar-refractivity contribution in [1.29, 1.82) is 0 Å². The minimum absolute atomic E-state index is 0.160. The third-order valence-corrected chi connectivity index (χ3v) is 5.76. The number of rotatable bonds is 4. The normalized spacial score (nSPS) is 11.2. The van der Waals surface area contributed by atoms with Crippen LogP contribution >= 0.6 is 46.6 Å². The molecule has 0 aliphatic carbocycles. The first-order valence-electron chi connectivity index (χ1n) is 6.86. The lowest BCUT2D eigenvalue weighted by molar-refractivity contribution is -0.137. The van der Waals surface area contributed by atoms with Crippen LogP contribution in [0.15, 0.2) is 40.3 Å². The minimum Gasteiger partial charge on any atom is -0.480 e. The van der Waals surface area contributed by atoms with Gasteiger partial charge in [-0.05, 0) is 31.2 Å². The molecule has 0 amide bonds. The van der Waals surface area contributed by atoms with E-state index in [1.807, 2.05) is 6.92 Å². The fourth-order valence-electron chi connectivity index (χ4n) is 2.48. The van der Waals surface area contributed by atoms with Crippen molar-refractivity contribution in [2.24, 2.45) is 0 Å². The first-order chi connectivity index (χ1) is 11.4. The number of halogens is 3. The molecule has 0 aliphatic heterocycles. The van der Waals surface area contributed by atoms with Crippen molar-refractivity contribution in [1.82, 2.24) is 9.55 Å². The molecule has 0 unspecified atom stereocenters. The molecule has 1 aromatic carbocycles. The van der Waals surface area contributed by atoms with E-state index in [0.717, 1.165) is 21.0 Å². The van der Waals surface area contributed by atoms with Gasteiger partial charge in [0.2, 0.25) is 0 Å². The van der Waals surface area contributed by atoms with Crippen molar-refractivity contribution in [3.63, 3.8) is 0 Å². The van der Waals surface area contributed by atoms with Crippen LogP contribution in [0.2, 0.25) is 15.2 Å². The lowest BCUT2D eigenvalue weighted by atomic mass is 10.3. The predicted octanol–water partition coefficient (Wildman–Crippen LogP) is 5.54. The summed E-state index contributed by atoms with van der Waals surface area (Å²) in [6, 6.07) is 6.94. The van der Waals surface area contributed by atoms with E-state index in [2.05, 4.69) is 4.98 Å². The van der Waals surface area contributed by atoms with Crippen molar-refractivity contribution in [2.45, 2.75) is 23.3 Å².